The summed E-state index contributed by atoms with van der Waals surface area (Å²) < 4.78 is 0. The Labute approximate surface area is 111 Å². The van der Waals surface area contributed by atoms with Crippen LogP contribution in [-0.4, -0.2) is 39.4 Å². The number of hydrogen-bond donors (Lipinski definition) is 1. The van der Waals surface area contributed by atoms with Crippen molar-refractivity contribution in [1.29, 1.82) is 0 Å². The normalized spacial score (nSPS) is 31.8. The number of hydrogen-bond acceptors (Lipinski definition) is 5. The summed E-state index contributed by atoms with van der Waals surface area (Å²) in [7, 11) is 0. The second kappa shape index (κ2) is 4.38. The van der Waals surface area contributed by atoms with Crippen molar-refractivity contribution in [3.8, 4) is 0 Å². The Bertz CT molecular complexity index is 424. The van der Waals surface area contributed by atoms with Crippen LogP contribution in [0.5, 0.6) is 0 Å². The first kappa shape index (κ1) is 13.6. The van der Waals surface area contributed by atoms with Gasteiger partial charge in [0.25, 0.3) is 0 Å². The number of Topliss-reactive ketones (excluding diaryl/α,β-unsaturated/α-hetero) is 1. The first-order valence-corrected chi connectivity index (χ1v) is 7.11. The van der Waals surface area contributed by atoms with Gasteiger partial charge in [0, 0.05) is 24.2 Å². The molecule has 3 unspecified atom stereocenters. The lowest BCUT2D eigenvalue weighted by Crippen LogP contribution is -2.67. The van der Waals surface area contributed by atoms with Gasteiger partial charge in [0.2, 0.25) is 0 Å². The molecule has 0 spiro atoms. The third-order valence-electron chi connectivity index (χ3n) is 3.64. The minimum atomic E-state index is -0.670. The van der Waals surface area contributed by atoms with Crippen LogP contribution in [0, 0.1) is 11.3 Å². The molecule has 3 atom stereocenters. The van der Waals surface area contributed by atoms with Gasteiger partial charge in [-0.3, -0.25) is 9.59 Å². The highest BCUT2D eigenvalue weighted by molar-refractivity contribution is 8.00. The number of ketones is 1. The zero-order chi connectivity index (χ0) is 13.7. The SMILES string of the molecule is CC(=O)C1=C(C=O)CSC2C(C(C)(C)C)C(O)N12. The lowest BCUT2D eigenvalue weighted by atomic mass is 9.73. The van der Waals surface area contributed by atoms with Crippen molar-refractivity contribution in [2.24, 2.45) is 11.3 Å². The van der Waals surface area contributed by atoms with Crippen molar-refractivity contribution in [3.05, 3.63) is 11.3 Å². The van der Waals surface area contributed by atoms with Crippen LogP contribution in [0.15, 0.2) is 11.3 Å². The van der Waals surface area contributed by atoms with Crippen LogP contribution >= 0.6 is 11.8 Å². The molecule has 0 aliphatic carbocycles. The molecule has 1 saturated heterocycles. The van der Waals surface area contributed by atoms with Gasteiger partial charge in [-0.05, 0) is 5.41 Å². The van der Waals surface area contributed by atoms with E-state index in [0.717, 1.165) is 6.29 Å². The number of aliphatic hydroxyl groups is 1. The maximum atomic E-state index is 11.7. The molecule has 0 amide bonds. The van der Waals surface area contributed by atoms with E-state index >= 15 is 0 Å². The fraction of sp³-hybridized carbons (Fsp3) is 0.692. The van der Waals surface area contributed by atoms with Gasteiger partial charge in [0.1, 0.15) is 12.5 Å². The van der Waals surface area contributed by atoms with E-state index in [4.69, 9.17) is 0 Å². The van der Waals surface area contributed by atoms with Crippen LogP contribution in [0.2, 0.25) is 0 Å². The molecule has 1 fully saturated rings. The van der Waals surface area contributed by atoms with Gasteiger partial charge in [-0.2, -0.15) is 0 Å². The molecule has 100 valence electrons. The van der Waals surface area contributed by atoms with Crippen LogP contribution in [0.3, 0.4) is 0 Å². The molecule has 0 saturated carbocycles. The first-order chi connectivity index (χ1) is 8.29. The summed E-state index contributed by atoms with van der Waals surface area (Å²) in [6, 6.07) is 0. The molecular formula is C13H19NO3S. The van der Waals surface area contributed by atoms with Crippen molar-refractivity contribution < 1.29 is 14.7 Å². The Balaban J connectivity index is 2.35. The number of fused-ring (bicyclic) bond motifs is 1. The number of rotatable bonds is 2. The average Bonchev–Trinajstić information content (AvgIpc) is 2.24. The molecule has 2 rings (SSSR count). The molecule has 0 aromatic heterocycles. The maximum Gasteiger partial charge on any atom is 0.176 e. The largest absolute Gasteiger partial charge is 0.373 e. The quantitative estimate of drug-likeness (QED) is 0.768. The van der Waals surface area contributed by atoms with Crippen molar-refractivity contribution in [3.63, 3.8) is 0 Å². The van der Waals surface area contributed by atoms with E-state index in [9.17, 15) is 14.7 Å². The molecule has 0 bridgehead atoms. The van der Waals surface area contributed by atoms with E-state index in [-0.39, 0.29) is 22.5 Å². The lowest BCUT2D eigenvalue weighted by molar-refractivity contribution is -0.166. The van der Waals surface area contributed by atoms with E-state index in [1.54, 1.807) is 16.7 Å². The van der Waals surface area contributed by atoms with Crippen LogP contribution in [0.4, 0.5) is 0 Å². The molecule has 0 aromatic rings. The molecular weight excluding hydrogens is 250 g/mol. The maximum absolute atomic E-state index is 11.7. The van der Waals surface area contributed by atoms with Gasteiger partial charge in [-0.1, -0.05) is 20.8 Å². The fourth-order valence-electron chi connectivity index (χ4n) is 2.77. The smallest absolute Gasteiger partial charge is 0.176 e. The Morgan fingerprint density at radius 2 is 2.11 bits per heavy atom. The van der Waals surface area contributed by atoms with E-state index < -0.39 is 6.23 Å². The van der Waals surface area contributed by atoms with Crippen LogP contribution in [0.1, 0.15) is 27.7 Å². The summed E-state index contributed by atoms with van der Waals surface area (Å²) in [5.41, 5.74) is 0.880. The second-order valence-electron chi connectivity index (χ2n) is 5.96. The predicted molar refractivity (Wildman–Crippen MR) is 70.8 cm³/mol. The highest BCUT2D eigenvalue weighted by atomic mass is 32.2. The summed E-state index contributed by atoms with van der Waals surface area (Å²) in [6.45, 7) is 7.71. The highest BCUT2D eigenvalue weighted by Gasteiger charge is 2.56. The van der Waals surface area contributed by atoms with Crippen molar-refractivity contribution in [1.82, 2.24) is 4.90 Å². The molecule has 2 aliphatic rings. The molecule has 18 heavy (non-hydrogen) atoms. The fourth-order valence-corrected chi connectivity index (χ4v) is 4.47. The lowest BCUT2D eigenvalue weighted by Gasteiger charge is -2.60. The van der Waals surface area contributed by atoms with Crippen LogP contribution in [-0.2, 0) is 9.59 Å². The van der Waals surface area contributed by atoms with Crippen molar-refractivity contribution >= 4 is 23.8 Å². The summed E-state index contributed by atoms with van der Waals surface area (Å²) in [4.78, 5) is 24.4. The third-order valence-corrected chi connectivity index (χ3v) is 4.97. The Hall–Kier alpha value is -0.810. The molecule has 0 aromatic carbocycles. The summed E-state index contributed by atoms with van der Waals surface area (Å²) in [5.74, 6) is 0.526. The van der Waals surface area contributed by atoms with Gasteiger partial charge in [0.05, 0.1) is 11.1 Å². The van der Waals surface area contributed by atoms with Crippen LogP contribution in [0.25, 0.3) is 0 Å². The number of aldehydes is 1. The number of aliphatic hydroxyl groups excluding tert-OH is 1. The van der Waals surface area contributed by atoms with Gasteiger partial charge in [-0.15, -0.1) is 11.8 Å². The highest BCUT2D eigenvalue weighted by Crippen LogP contribution is 2.52. The van der Waals surface area contributed by atoms with E-state index in [2.05, 4.69) is 20.8 Å². The summed E-state index contributed by atoms with van der Waals surface area (Å²) in [6.07, 6.45) is 0.0635. The Morgan fingerprint density at radius 1 is 1.50 bits per heavy atom. The zero-order valence-electron chi connectivity index (χ0n) is 11.1. The van der Waals surface area contributed by atoms with Gasteiger partial charge >= 0.3 is 0 Å². The average molecular weight is 269 g/mol. The topological polar surface area (TPSA) is 57.6 Å². The monoisotopic (exact) mass is 269 g/mol. The minimum absolute atomic E-state index is 0.0197. The van der Waals surface area contributed by atoms with E-state index in [1.807, 2.05) is 0 Å². The summed E-state index contributed by atoms with van der Waals surface area (Å²) in [5, 5.41) is 10.4. The zero-order valence-corrected chi connectivity index (χ0v) is 12.0. The van der Waals surface area contributed by atoms with Gasteiger partial charge in [0.15, 0.2) is 5.78 Å². The van der Waals surface area contributed by atoms with Crippen molar-refractivity contribution in [2.45, 2.75) is 39.3 Å². The molecule has 1 N–H and O–H groups in total. The molecule has 4 nitrogen and oxygen atoms in total. The van der Waals surface area contributed by atoms with E-state index in [0.29, 0.717) is 17.0 Å². The van der Waals surface area contributed by atoms with Crippen molar-refractivity contribution in [2.75, 3.05) is 5.75 Å². The number of nitrogens with zero attached hydrogens (tertiary/aromatic N) is 1. The minimum Gasteiger partial charge on any atom is -0.373 e. The summed E-state index contributed by atoms with van der Waals surface area (Å²) >= 11 is 1.63. The molecule has 2 aliphatic heterocycles. The Kier molecular flexibility index (Phi) is 3.32. The third kappa shape index (κ3) is 1.89. The predicted octanol–water partition coefficient (Wildman–Crippen LogP) is 1.40. The van der Waals surface area contributed by atoms with E-state index in [1.165, 1.54) is 6.92 Å². The van der Waals surface area contributed by atoms with Crippen LogP contribution < -0.4 is 0 Å². The number of carbonyl (C=O) groups is 2. The Morgan fingerprint density at radius 3 is 2.56 bits per heavy atom. The van der Waals surface area contributed by atoms with Gasteiger partial charge in [-0.25, -0.2) is 0 Å². The molecule has 2 heterocycles. The van der Waals surface area contributed by atoms with Gasteiger partial charge < -0.3 is 10.0 Å². The first-order valence-electron chi connectivity index (χ1n) is 6.06. The number of allylic oxidation sites excluding steroid dienone is 1. The molecule has 5 heteroatoms. The number of thioether (sulfide) groups is 1. The number of carbonyl (C=O) groups excluding carboxylic acids is 2. The standard InChI is InChI=1S/C13H19NO3S/c1-7(16)10-8(5-15)6-18-12-9(13(2,3)4)11(17)14(10)12/h5,9,11-12,17H,6H2,1-4H3. The second-order valence-corrected chi connectivity index (χ2v) is 7.07. The molecule has 0 radical (unpaired) electrons.